The fourth-order valence-corrected chi connectivity index (χ4v) is 3.80. The molecule has 0 bridgehead atoms. The minimum atomic E-state index is -0.461. The molecule has 1 aliphatic heterocycles. The lowest BCUT2D eigenvalue weighted by Gasteiger charge is -2.18. The maximum atomic E-state index is 13.7. The van der Waals surface area contributed by atoms with Gasteiger partial charge in [-0.1, -0.05) is 36.4 Å². The molecule has 168 valence electrons. The van der Waals surface area contributed by atoms with Crippen molar-refractivity contribution in [2.45, 2.75) is 6.92 Å². The van der Waals surface area contributed by atoms with E-state index in [1.807, 2.05) is 25.1 Å². The topological polar surface area (TPSA) is 77.1 Å². The van der Waals surface area contributed by atoms with Gasteiger partial charge in [-0.15, -0.1) is 0 Å². The molecule has 1 heterocycles. The first-order chi connectivity index (χ1) is 16.0. The lowest BCUT2D eigenvalue weighted by atomic mass is 10.0. The van der Waals surface area contributed by atoms with Gasteiger partial charge in [0.2, 0.25) is 0 Å². The van der Waals surface area contributed by atoms with Crippen molar-refractivity contribution in [1.82, 2.24) is 0 Å². The predicted octanol–water partition coefficient (Wildman–Crippen LogP) is 4.42. The Labute approximate surface area is 192 Å². The number of carbonyl (C=O) groups is 2. The number of imide groups is 1. The smallest absolute Gasteiger partial charge is 0.282 e. The van der Waals surface area contributed by atoms with Gasteiger partial charge in [0.25, 0.3) is 11.8 Å². The number of para-hydroxylation sites is 2. The standard InChI is InChI=1S/C26H24N2O5/c1-16-9-5-7-11-21(16)28-25(29)23(20-10-6-8-12-22(20)33-4)24(26(28)30)27-17-13-18(31-2)15-19(14-17)32-3/h5-15,27H,1-4H3. The molecule has 0 spiro atoms. The highest BCUT2D eigenvalue weighted by molar-refractivity contribution is 6.46. The zero-order valence-corrected chi connectivity index (χ0v) is 18.8. The van der Waals surface area contributed by atoms with Crippen LogP contribution in [0.15, 0.2) is 72.4 Å². The number of anilines is 2. The lowest BCUT2D eigenvalue weighted by molar-refractivity contribution is -0.120. The van der Waals surface area contributed by atoms with Crippen LogP contribution >= 0.6 is 0 Å². The zero-order valence-electron chi connectivity index (χ0n) is 18.8. The number of carbonyl (C=O) groups excluding carboxylic acids is 2. The van der Waals surface area contributed by atoms with E-state index in [-0.39, 0.29) is 11.3 Å². The third kappa shape index (κ3) is 4.01. The van der Waals surface area contributed by atoms with Gasteiger partial charge in [-0.2, -0.15) is 0 Å². The second kappa shape index (κ2) is 9.08. The molecule has 1 aliphatic rings. The molecule has 4 rings (SSSR count). The first kappa shape index (κ1) is 22.0. The largest absolute Gasteiger partial charge is 0.497 e. The number of nitrogens with zero attached hydrogens (tertiary/aromatic N) is 1. The summed E-state index contributed by atoms with van der Waals surface area (Å²) in [6.07, 6.45) is 0. The first-order valence-corrected chi connectivity index (χ1v) is 10.3. The van der Waals surface area contributed by atoms with E-state index < -0.39 is 11.8 Å². The number of amides is 2. The number of nitrogens with one attached hydrogen (secondary N) is 1. The fraction of sp³-hybridized carbons (Fsp3) is 0.154. The molecule has 0 aliphatic carbocycles. The molecule has 0 aromatic heterocycles. The van der Waals surface area contributed by atoms with Crippen LogP contribution in [0.25, 0.3) is 5.57 Å². The molecule has 0 saturated carbocycles. The summed E-state index contributed by atoms with van der Waals surface area (Å²) in [5, 5.41) is 3.14. The van der Waals surface area contributed by atoms with Gasteiger partial charge in [-0.05, 0) is 24.6 Å². The third-order valence-corrected chi connectivity index (χ3v) is 5.44. The SMILES string of the molecule is COc1cc(NC2=C(c3ccccc3OC)C(=O)N(c3ccccc3C)C2=O)cc(OC)c1. The van der Waals surface area contributed by atoms with Crippen LogP contribution in [0.4, 0.5) is 11.4 Å². The molecule has 0 atom stereocenters. The third-order valence-electron chi connectivity index (χ3n) is 5.44. The van der Waals surface area contributed by atoms with E-state index in [1.54, 1.807) is 62.8 Å². The number of ether oxygens (including phenoxy) is 3. The van der Waals surface area contributed by atoms with Crippen LogP contribution in [-0.4, -0.2) is 33.1 Å². The van der Waals surface area contributed by atoms with Gasteiger partial charge < -0.3 is 19.5 Å². The lowest BCUT2D eigenvalue weighted by Crippen LogP contribution is -2.33. The Morgan fingerprint density at radius 2 is 1.39 bits per heavy atom. The molecule has 0 fully saturated rings. The summed E-state index contributed by atoms with van der Waals surface area (Å²) in [7, 11) is 4.62. The average Bonchev–Trinajstić information content (AvgIpc) is 3.08. The van der Waals surface area contributed by atoms with Gasteiger partial charge in [0.15, 0.2) is 0 Å². The van der Waals surface area contributed by atoms with Crippen LogP contribution in [0.2, 0.25) is 0 Å². The van der Waals surface area contributed by atoms with Gasteiger partial charge in [0, 0.05) is 29.4 Å². The van der Waals surface area contributed by atoms with Crippen molar-refractivity contribution in [2.75, 3.05) is 31.5 Å². The van der Waals surface area contributed by atoms with Crippen LogP contribution < -0.4 is 24.4 Å². The van der Waals surface area contributed by atoms with E-state index >= 15 is 0 Å². The van der Waals surface area contributed by atoms with Crippen molar-refractivity contribution < 1.29 is 23.8 Å². The highest BCUT2D eigenvalue weighted by atomic mass is 16.5. The van der Waals surface area contributed by atoms with Gasteiger partial charge in [-0.3, -0.25) is 9.59 Å². The van der Waals surface area contributed by atoms with E-state index in [0.29, 0.717) is 34.2 Å². The molecule has 0 saturated heterocycles. The highest BCUT2D eigenvalue weighted by Crippen LogP contribution is 2.38. The minimum absolute atomic E-state index is 0.142. The number of hydrogen-bond donors (Lipinski definition) is 1. The Kier molecular flexibility index (Phi) is 6.04. The van der Waals surface area contributed by atoms with Gasteiger partial charge in [0.1, 0.15) is 22.9 Å². The quantitative estimate of drug-likeness (QED) is 0.544. The molecule has 33 heavy (non-hydrogen) atoms. The van der Waals surface area contributed by atoms with E-state index in [2.05, 4.69) is 5.32 Å². The minimum Gasteiger partial charge on any atom is -0.497 e. The van der Waals surface area contributed by atoms with Gasteiger partial charge >= 0.3 is 0 Å². The Morgan fingerprint density at radius 3 is 2.03 bits per heavy atom. The Hall–Kier alpha value is -4.26. The predicted molar refractivity (Wildman–Crippen MR) is 127 cm³/mol. The maximum Gasteiger partial charge on any atom is 0.282 e. The molecule has 7 nitrogen and oxygen atoms in total. The Bertz CT molecular complexity index is 1240. The van der Waals surface area contributed by atoms with Crippen molar-refractivity contribution in [3.05, 3.63) is 83.6 Å². The highest BCUT2D eigenvalue weighted by Gasteiger charge is 2.41. The summed E-state index contributed by atoms with van der Waals surface area (Å²) in [4.78, 5) is 28.5. The van der Waals surface area contributed by atoms with Gasteiger partial charge in [-0.25, -0.2) is 4.90 Å². The molecular formula is C26H24N2O5. The van der Waals surface area contributed by atoms with Crippen LogP contribution in [0.5, 0.6) is 17.2 Å². The van der Waals surface area contributed by atoms with E-state index in [1.165, 1.54) is 12.0 Å². The summed E-state index contributed by atoms with van der Waals surface area (Å²) in [5.74, 6) is 0.684. The molecule has 0 radical (unpaired) electrons. The van der Waals surface area contributed by atoms with Crippen molar-refractivity contribution in [3.8, 4) is 17.2 Å². The monoisotopic (exact) mass is 444 g/mol. The molecule has 3 aromatic carbocycles. The average molecular weight is 444 g/mol. The second-order valence-electron chi connectivity index (χ2n) is 7.41. The van der Waals surface area contributed by atoms with Crippen molar-refractivity contribution >= 4 is 28.8 Å². The molecular weight excluding hydrogens is 420 g/mol. The van der Waals surface area contributed by atoms with Crippen LogP contribution in [-0.2, 0) is 9.59 Å². The van der Waals surface area contributed by atoms with E-state index in [9.17, 15) is 9.59 Å². The van der Waals surface area contributed by atoms with Crippen molar-refractivity contribution in [1.29, 1.82) is 0 Å². The number of benzene rings is 3. The number of hydrogen-bond acceptors (Lipinski definition) is 6. The van der Waals surface area contributed by atoms with Crippen LogP contribution in [0.1, 0.15) is 11.1 Å². The molecule has 7 heteroatoms. The van der Waals surface area contributed by atoms with Gasteiger partial charge in [0.05, 0.1) is 32.6 Å². The molecule has 1 N–H and O–H groups in total. The van der Waals surface area contributed by atoms with E-state index in [0.717, 1.165) is 5.56 Å². The van der Waals surface area contributed by atoms with Crippen LogP contribution in [0, 0.1) is 6.92 Å². The summed E-state index contributed by atoms with van der Waals surface area (Å²) in [5.41, 5.74) is 2.77. The van der Waals surface area contributed by atoms with Crippen molar-refractivity contribution in [3.63, 3.8) is 0 Å². The summed E-state index contributed by atoms with van der Waals surface area (Å²) < 4.78 is 16.2. The summed E-state index contributed by atoms with van der Waals surface area (Å²) >= 11 is 0. The molecule has 3 aromatic rings. The maximum absolute atomic E-state index is 13.7. The number of aryl methyl sites for hydroxylation is 1. The van der Waals surface area contributed by atoms with Crippen molar-refractivity contribution in [2.24, 2.45) is 0 Å². The Morgan fingerprint density at radius 1 is 0.758 bits per heavy atom. The second-order valence-corrected chi connectivity index (χ2v) is 7.41. The molecule has 0 unspecified atom stereocenters. The van der Waals surface area contributed by atoms with Crippen LogP contribution in [0.3, 0.4) is 0 Å². The number of rotatable bonds is 7. The fourth-order valence-electron chi connectivity index (χ4n) is 3.80. The normalized spacial score (nSPS) is 13.4. The summed E-state index contributed by atoms with van der Waals surface area (Å²) in [6, 6.07) is 19.6. The summed E-state index contributed by atoms with van der Waals surface area (Å²) in [6.45, 7) is 1.86. The van der Waals surface area contributed by atoms with E-state index in [4.69, 9.17) is 14.2 Å². The number of methoxy groups -OCH3 is 3. The zero-order chi connectivity index (χ0) is 23.5. The first-order valence-electron chi connectivity index (χ1n) is 10.3. The molecule has 2 amide bonds. The Balaban J connectivity index is 1.89.